The molecule has 1 heterocycles. The van der Waals surface area contributed by atoms with Gasteiger partial charge in [0.2, 0.25) is 11.8 Å². The van der Waals surface area contributed by atoms with Crippen molar-refractivity contribution in [3.8, 4) is 0 Å². The van der Waals surface area contributed by atoms with Gasteiger partial charge in [-0.1, -0.05) is 6.07 Å². The summed E-state index contributed by atoms with van der Waals surface area (Å²) in [6.45, 7) is 2.13. The zero-order valence-corrected chi connectivity index (χ0v) is 10.3. The lowest BCUT2D eigenvalue weighted by Gasteiger charge is -2.30. The number of hydrogen-bond donors (Lipinski definition) is 2. The van der Waals surface area contributed by atoms with Crippen LogP contribution in [0.25, 0.3) is 0 Å². The molecule has 1 aromatic rings. The van der Waals surface area contributed by atoms with Crippen LogP contribution in [0.15, 0.2) is 24.3 Å². The van der Waals surface area contributed by atoms with Gasteiger partial charge in [-0.15, -0.1) is 0 Å². The van der Waals surface area contributed by atoms with Gasteiger partial charge in [-0.3, -0.25) is 9.59 Å². The fourth-order valence-corrected chi connectivity index (χ4v) is 2.11. The molecular weight excluding hydrogens is 230 g/mol. The summed E-state index contributed by atoms with van der Waals surface area (Å²) in [6.07, 6.45) is 1.64. The first kappa shape index (κ1) is 12.6. The van der Waals surface area contributed by atoms with Gasteiger partial charge in [0.15, 0.2) is 0 Å². The Hall–Kier alpha value is -1.88. The molecule has 1 aromatic carbocycles. The summed E-state index contributed by atoms with van der Waals surface area (Å²) in [4.78, 5) is 24.7. The second-order valence-corrected chi connectivity index (χ2v) is 4.47. The summed E-state index contributed by atoms with van der Waals surface area (Å²) in [7, 11) is 0. The number of rotatable bonds is 2. The topological polar surface area (TPSA) is 75.4 Å². The third-order valence-corrected chi connectivity index (χ3v) is 2.96. The highest BCUT2D eigenvalue weighted by atomic mass is 16.2. The number of piperidine rings is 1. The van der Waals surface area contributed by atoms with Gasteiger partial charge < -0.3 is 16.0 Å². The number of hydrogen-bond acceptors (Lipinski definition) is 3. The van der Waals surface area contributed by atoms with Crippen LogP contribution < -0.4 is 16.0 Å². The van der Waals surface area contributed by atoms with Crippen LogP contribution in [0.5, 0.6) is 0 Å². The van der Waals surface area contributed by atoms with Crippen molar-refractivity contribution in [2.24, 2.45) is 5.73 Å². The summed E-state index contributed by atoms with van der Waals surface area (Å²) in [5.41, 5.74) is 7.23. The van der Waals surface area contributed by atoms with Crippen molar-refractivity contribution in [1.82, 2.24) is 0 Å². The minimum Gasteiger partial charge on any atom is -0.326 e. The van der Waals surface area contributed by atoms with Crippen LogP contribution in [0, 0.1) is 0 Å². The normalized spacial score (nSPS) is 19.8. The molecule has 0 bridgehead atoms. The molecule has 0 aliphatic carbocycles. The van der Waals surface area contributed by atoms with E-state index in [1.807, 2.05) is 12.1 Å². The average Bonchev–Trinajstić information content (AvgIpc) is 2.32. The number of carbonyl (C=O) groups excluding carboxylic acids is 2. The summed E-state index contributed by atoms with van der Waals surface area (Å²) in [5, 5.41) is 2.70. The number of nitrogens with zero attached hydrogens (tertiary/aromatic N) is 1. The zero-order valence-electron chi connectivity index (χ0n) is 10.3. The van der Waals surface area contributed by atoms with E-state index in [4.69, 9.17) is 5.73 Å². The van der Waals surface area contributed by atoms with Crippen molar-refractivity contribution in [3.63, 3.8) is 0 Å². The molecule has 0 aromatic heterocycles. The molecule has 5 nitrogen and oxygen atoms in total. The Kier molecular flexibility index (Phi) is 3.62. The SMILES string of the molecule is CC(=O)Nc1cccc(N2CCCC(N)C2=O)c1. The largest absolute Gasteiger partial charge is 0.326 e. The van der Waals surface area contributed by atoms with Crippen molar-refractivity contribution in [2.75, 3.05) is 16.8 Å². The lowest BCUT2D eigenvalue weighted by Crippen LogP contribution is -2.48. The highest BCUT2D eigenvalue weighted by molar-refractivity contribution is 5.98. The average molecular weight is 247 g/mol. The minimum absolute atomic E-state index is 0.0544. The second-order valence-electron chi connectivity index (χ2n) is 4.47. The highest BCUT2D eigenvalue weighted by Gasteiger charge is 2.26. The maximum atomic E-state index is 12.0. The Morgan fingerprint density at radius 2 is 2.28 bits per heavy atom. The third kappa shape index (κ3) is 2.68. The van der Waals surface area contributed by atoms with Crippen molar-refractivity contribution < 1.29 is 9.59 Å². The smallest absolute Gasteiger partial charge is 0.243 e. The van der Waals surface area contributed by atoms with Gasteiger partial charge >= 0.3 is 0 Å². The fraction of sp³-hybridized carbons (Fsp3) is 0.385. The van der Waals surface area contributed by atoms with Gasteiger partial charge in [0, 0.05) is 24.8 Å². The molecule has 3 N–H and O–H groups in total. The van der Waals surface area contributed by atoms with E-state index in [2.05, 4.69) is 5.32 Å². The van der Waals surface area contributed by atoms with Gasteiger partial charge in [0.05, 0.1) is 6.04 Å². The molecule has 18 heavy (non-hydrogen) atoms. The van der Waals surface area contributed by atoms with Crippen molar-refractivity contribution in [2.45, 2.75) is 25.8 Å². The lowest BCUT2D eigenvalue weighted by molar-refractivity contribution is -0.120. The highest BCUT2D eigenvalue weighted by Crippen LogP contribution is 2.23. The van der Waals surface area contributed by atoms with E-state index in [1.54, 1.807) is 17.0 Å². The van der Waals surface area contributed by atoms with Crippen molar-refractivity contribution >= 4 is 23.2 Å². The minimum atomic E-state index is -0.414. The van der Waals surface area contributed by atoms with Crippen LogP contribution in [0.3, 0.4) is 0 Å². The van der Waals surface area contributed by atoms with Crippen LogP contribution in [-0.4, -0.2) is 24.4 Å². The van der Waals surface area contributed by atoms with Crippen LogP contribution in [0.1, 0.15) is 19.8 Å². The first-order chi connectivity index (χ1) is 8.58. The molecule has 1 aliphatic heterocycles. The summed E-state index contributed by atoms with van der Waals surface area (Å²) in [5.74, 6) is -0.185. The summed E-state index contributed by atoms with van der Waals surface area (Å²) in [6, 6.07) is 6.83. The predicted octanol–water partition coefficient (Wildman–Crippen LogP) is 1.10. The Labute approximate surface area is 106 Å². The van der Waals surface area contributed by atoms with E-state index in [9.17, 15) is 9.59 Å². The quantitative estimate of drug-likeness (QED) is 0.821. The van der Waals surface area contributed by atoms with Gasteiger partial charge in [-0.25, -0.2) is 0 Å². The van der Waals surface area contributed by atoms with E-state index < -0.39 is 6.04 Å². The molecule has 1 saturated heterocycles. The summed E-state index contributed by atoms with van der Waals surface area (Å²) >= 11 is 0. The molecule has 96 valence electrons. The predicted molar refractivity (Wildman–Crippen MR) is 70.3 cm³/mol. The molecule has 2 amide bonds. The second kappa shape index (κ2) is 5.18. The number of amides is 2. The Morgan fingerprint density at radius 1 is 1.50 bits per heavy atom. The van der Waals surface area contributed by atoms with E-state index in [0.29, 0.717) is 12.2 Å². The molecule has 0 radical (unpaired) electrons. The number of nitrogens with two attached hydrogens (primary N) is 1. The van der Waals surface area contributed by atoms with Gasteiger partial charge in [-0.2, -0.15) is 0 Å². The first-order valence-electron chi connectivity index (χ1n) is 6.02. The molecule has 5 heteroatoms. The van der Waals surface area contributed by atoms with E-state index in [-0.39, 0.29) is 11.8 Å². The molecule has 0 spiro atoms. The molecule has 1 fully saturated rings. The Morgan fingerprint density at radius 3 is 3.00 bits per heavy atom. The number of nitrogens with one attached hydrogen (secondary N) is 1. The van der Waals surface area contributed by atoms with E-state index >= 15 is 0 Å². The van der Waals surface area contributed by atoms with Crippen LogP contribution in [-0.2, 0) is 9.59 Å². The number of benzene rings is 1. The van der Waals surface area contributed by atoms with Crippen LogP contribution in [0.4, 0.5) is 11.4 Å². The Bertz CT molecular complexity index is 473. The number of anilines is 2. The van der Waals surface area contributed by atoms with Crippen molar-refractivity contribution in [1.29, 1.82) is 0 Å². The molecular formula is C13H17N3O2. The standard InChI is InChI=1S/C13H17N3O2/c1-9(17)15-10-4-2-5-11(8-10)16-7-3-6-12(14)13(16)18/h2,4-5,8,12H,3,6-7,14H2,1H3,(H,15,17). The monoisotopic (exact) mass is 247 g/mol. The Balaban J connectivity index is 2.22. The molecule has 1 aliphatic rings. The van der Waals surface area contributed by atoms with Gasteiger partial charge in [0.1, 0.15) is 0 Å². The van der Waals surface area contributed by atoms with Crippen LogP contribution >= 0.6 is 0 Å². The van der Waals surface area contributed by atoms with E-state index in [1.165, 1.54) is 6.92 Å². The molecule has 1 atom stereocenters. The van der Waals surface area contributed by atoms with E-state index in [0.717, 1.165) is 18.5 Å². The first-order valence-corrected chi connectivity index (χ1v) is 6.02. The lowest BCUT2D eigenvalue weighted by atomic mass is 10.0. The fourth-order valence-electron chi connectivity index (χ4n) is 2.11. The maximum Gasteiger partial charge on any atom is 0.243 e. The molecule has 2 rings (SSSR count). The molecule has 0 saturated carbocycles. The van der Waals surface area contributed by atoms with Gasteiger partial charge in [0.25, 0.3) is 0 Å². The third-order valence-electron chi connectivity index (χ3n) is 2.96. The summed E-state index contributed by atoms with van der Waals surface area (Å²) < 4.78 is 0. The maximum absolute atomic E-state index is 12.0. The van der Waals surface area contributed by atoms with Gasteiger partial charge in [-0.05, 0) is 31.0 Å². The molecule has 1 unspecified atom stereocenters. The zero-order chi connectivity index (χ0) is 13.1. The number of carbonyl (C=O) groups is 2. The van der Waals surface area contributed by atoms with Crippen molar-refractivity contribution in [3.05, 3.63) is 24.3 Å². The van der Waals surface area contributed by atoms with Crippen LogP contribution in [0.2, 0.25) is 0 Å².